The van der Waals surface area contributed by atoms with Gasteiger partial charge < -0.3 is 20.5 Å². The highest BCUT2D eigenvalue weighted by atomic mass is 32.2. The maximum absolute atomic E-state index is 13.8. The number of methoxy groups -OCH3 is 2. The van der Waals surface area contributed by atoms with E-state index in [9.17, 15) is 19.6 Å². The molecule has 4 rings (SSSR count). The van der Waals surface area contributed by atoms with Crippen LogP contribution in [0.15, 0.2) is 70.5 Å². The fourth-order valence-corrected chi connectivity index (χ4v) is 5.52. The number of benzene rings is 2. The van der Waals surface area contributed by atoms with Crippen molar-refractivity contribution in [1.82, 2.24) is 4.90 Å². The molecular weight excluding hydrogens is 480 g/mol. The van der Waals surface area contributed by atoms with Gasteiger partial charge in [0.05, 0.1) is 48.8 Å². The summed E-state index contributed by atoms with van der Waals surface area (Å²) in [6.45, 7) is 1.90. The molecule has 0 aliphatic carbocycles. The molecule has 1 fully saturated rings. The summed E-state index contributed by atoms with van der Waals surface area (Å²) < 4.78 is 9.98. The van der Waals surface area contributed by atoms with E-state index in [1.165, 1.54) is 19.1 Å². The number of amides is 2. The van der Waals surface area contributed by atoms with Crippen LogP contribution in [0.3, 0.4) is 0 Å². The molecule has 2 aliphatic rings. The molecule has 184 valence electrons. The molecule has 2 unspecified atom stereocenters. The monoisotopic (exact) mass is 504 g/mol. The molecule has 0 aromatic heterocycles. The Labute approximate surface area is 212 Å². The first-order valence-electron chi connectivity index (χ1n) is 11.0. The number of anilines is 1. The first kappa shape index (κ1) is 24.9. The molecule has 1 saturated heterocycles. The number of allylic oxidation sites excluding steroid dienone is 1. The van der Waals surface area contributed by atoms with Crippen molar-refractivity contribution >= 4 is 35.2 Å². The van der Waals surface area contributed by atoms with Gasteiger partial charge >= 0.3 is 5.97 Å². The Kier molecular flexibility index (Phi) is 7.03. The third kappa shape index (κ3) is 4.53. The molecule has 10 heteroatoms. The summed E-state index contributed by atoms with van der Waals surface area (Å²) >= 11 is 1.06. The zero-order valence-corrected chi connectivity index (χ0v) is 20.7. The van der Waals surface area contributed by atoms with Gasteiger partial charge in [0, 0.05) is 5.69 Å². The third-order valence-electron chi connectivity index (χ3n) is 5.95. The van der Waals surface area contributed by atoms with E-state index >= 15 is 0 Å². The average molecular weight is 505 g/mol. The highest BCUT2D eigenvalue weighted by Crippen LogP contribution is 2.50. The fraction of sp³-hybridized carbons (Fsp3) is 0.231. The number of aryl methyl sites for hydroxylation is 1. The summed E-state index contributed by atoms with van der Waals surface area (Å²) in [4.78, 5) is 40.1. The van der Waals surface area contributed by atoms with Gasteiger partial charge in [0.15, 0.2) is 0 Å². The number of carbonyl (C=O) groups is 3. The van der Waals surface area contributed by atoms with Crippen LogP contribution >= 0.6 is 11.8 Å². The van der Waals surface area contributed by atoms with E-state index in [1.54, 1.807) is 30.3 Å². The number of nitriles is 1. The average Bonchev–Trinajstić information content (AvgIpc) is 3.19. The summed E-state index contributed by atoms with van der Waals surface area (Å²) in [6.07, 6.45) is -0.199. The van der Waals surface area contributed by atoms with Crippen molar-refractivity contribution in [2.45, 2.75) is 24.5 Å². The van der Waals surface area contributed by atoms with E-state index in [-0.39, 0.29) is 28.4 Å². The van der Waals surface area contributed by atoms with Crippen molar-refractivity contribution in [1.29, 1.82) is 5.26 Å². The molecule has 2 heterocycles. The molecule has 0 spiro atoms. The second kappa shape index (κ2) is 10.2. The third-order valence-corrected chi connectivity index (χ3v) is 7.23. The predicted molar refractivity (Wildman–Crippen MR) is 134 cm³/mol. The molecule has 2 aliphatic heterocycles. The van der Waals surface area contributed by atoms with Crippen LogP contribution in [0.5, 0.6) is 5.75 Å². The SMILES string of the molecule is COC(=O)CC1SC2=C(C(=O)Nc3cccc(C)c3)C(c3ccc(OC)cc3)C(C#N)=C(N)N2C1=O. The molecular formula is C26H24N4O5S. The molecule has 2 amide bonds. The van der Waals surface area contributed by atoms with Crippen LogP contribution in [0.1, 0.15) is 23.5 Å². The number of esters is 1. The Bertz CT molecular complexity index is 1340. The lowest BCUT2D eigenvalue weighted by molar-refractivity contribution is -0.142. The number of thioether (sulfide) groups is 1. The van der Waals surface area contributed by atoms with Crippen LogP contribution in [0.4, 0.5) is 5.69 Å². The van der Waals surface area contributed by atoms with Gasteiger partial charge in [0.2, 0.25) is 5.91 Å². The van der Waals surface area contributed by atoms with Crippen LogP contribution in [0, 0.1) is 18.3 Å². The number of hydrogen-bond acceptors (Lipinski definition) is 8. The zero-order chi connectivity index (χ0) is 26.0. The van der Waals surface area contributed by atoms with Crippen LogP contribution in [0.25, 0.3) is 0 Å². The predicted octanol–water partition coefficient (Wildman–Crippen LogP) is 3.15. The topological polar surface area (TPSA) is 135 Å². The van der Waals surface area contributed by atoms with E-state index in [2.05, 4.69) is 11.4 Å². The lowest BCUT2D eigenvalue weighted by Gasteiger charge is -2.32. The van der Waals surface area contributed by atoms with E-state index in [1.807, 2.05) is 25.1 Å². The molecule has 9 nitrogen and oxygen atoms in total. The minimum absolute atomic E-state index is 0.0611. The number of ether oxygens (including phenoxy) is 2. The Balaban J connectivity index is 1.87. The summed E-state index contributed by atoms with van der Waals surface area (Å²) in [7, 11) is 2.78. The molecule has 0 bridgehead atoms. The second-order valence-electron chi connectivity index (χ2n) is 8.22. The van der Waals surface area contributed by atoms with Crippen LogP contribution in [0.2, 0.25) is 0 Å². The van der Waals surface area contributed by atoms with E-state index < -0.39 is 29.0 Å². The van der Waals surface area contributed by atoms with E-state index in [0.29, 0.717) is 17.0 Å². The van der Waals surface area contributed by atoms with Gasteiger partial charge in [-0.3, -0.25) is 19.3 Å². The van der Waals surface area contributed by atoms with E-state index in [0.717, 1.165) is 17.3 Å². The molecule has 0 saturated carbocycles. The number of nitrogens with zero attached hydrogens (tertiary/aromatic N) is 2. The molecule has 0 radical (unpaired) electrons. The first-order chi connectivity index (χ1) is 17.3. The zero-order valence-electron chi connectivity index (χ0n) is 19.9. The largest absolute Gasteiger partial charge is 0.497 e. The van der Waals surface area contributed by atoms with Crippen LogP contribution in [-0.4, -0.2) is 42.2 Å². The standard InChI is InChI=1S/C26H24N4O5S/c1-14-5-4-6-16(11-14)29-24(32)22-21(15-7-9-17(34-2)10-8-15)18(13-27)23(28)30-25(33)19(36-26(22)30)12-20(31)35-3/h4-11,19,21H,12,28H2,1-3H3,(H,29,32). The van der Waals surface area contributed by atoms with Crippen molar-refractivity contribution in [2.24, 2.45) is 5.73 Å². The van der Waals surface area contributed by atoms with E-state index in [4.69, 9.17) is 15.2 Å². The van der Waals surface area contributed by atoms with Gasteiger partial charge in [0.25, 0.3) is 5.91 Å². The summed E-state index contributed by atoms with van der Waals surface area (Å²) in [5.41, 5.74) is 8.75. The van der Waals surface area contributed by atoms with Crippen molar-refractivity contribution in [3.8, 4) is 11.8 Å². The molecule has 3 N–H and O–H groups in total. The lowest BCUT2D eigenvalue weighted by atomic mass is 9.82. The van der Waals surface area contributed by atoms with Gasteiger partial charge in [-0.15, -0.1) is 0 Å². The van der Waals surface area contributed by atoms with Crippen molar-refractivity contribution in [2.75, 3.05) is 19.5 Å². The highest BCUT2D eigenvalue weighted by molar-refractivity contribution is 8.04. The number of carbonyl (C=O) groups excluding carboxylic acids is 3. The number of nitrogens with two attached hydrogens (primary N) is 1. The minimum atomic E-state index is -0.845. The summed E-state index contributed by atoms with van der Waals surface area (Å²) in [5.74, 6) is -1.84. The van der Waals surface area contributed by atoms with Crippen molar-refractivity contribution in [3.63, 3.8) is 0 Å². The quantitative estimate of drug-likeness (QED) is 0.573. The highest BCUT2D eigenvalue weighted by Gasteiger charge is 2.48. The fourth-order valence-electron chi connectivity index (χ4n) is 4.19. The second-order valence-corrected chi connectivity index (χ2v) is 9.41. The van der Waals surface area contributed by atoms with Crippen molar-refractivity contribution in [3.05, 3.63) is 81.7 Å². The molecule has 2 atom stereocenters. The van der Waals surface area contributed by atoms with Gasteiger partial charge in [-0.1, -0.05) is 36.0 Å². The first-order valence-corrected chi connectivity index (χ1v) is 11.9. The normalized spacial score (nSPS) is 19.1. The number of hydrogen-bond donors (Lipinski definition) is 2. The molecule has 2 aromatic rings. The Hall–Kier alpha value is -4.23. The maximum Gasteiger partial charge on any atom is 0.307 e. The van der Waals surface area contributed by atoms with Crippen LogP contribution < -0.4 is 15.8 Å². The number of nitrogens with one attached hydrogen (secondary N) is 1. The summed E-state index contributed by atoms with van der Waals surface area (Å²) in [5, 5.41) is 12.4. The summed E-state index contributed by atoms with van der Waals surface area (Å²) in [6, 6.07) is 16.3. The Morgan fingerprint density at radius 2 is 1.92 bits per heavy atom. The Morgan fingerprint density at radius 1 is 1.19 bits per heavy atom. The number of fused-ring (bicyclic) bond motifs is 1. The number of rotatable bonds is 6. The van der Waals surface area contributed by atoms with Gasteiger partial charge in [0.1, 0.15) is 16.8 Å². The molecule has 2 aromatic carbocycles. The smallest absolute Gasteiger partial charge is 0.307 e. The van der Waals surface area contributed by atoms with Gasteiger partial charge in [-0.2, -0.15) is 5.26 Å². The minimum Gasteiger partial charge on any atom is -0.497 e. The van der Waals surface area contributed by atoms with Gasteiger partial charge in [-0.05, 0) is 42.3 Å². The maximum atomic E-state index is 13.8. The van der Waals surface area contributed by atoms with Crippen molar-refractivity contribution < 1.29 is 23.9 Å². The Morgan fingerprint density at radius 3 is 2.53 bits per heavy atom. The van der Waals surface area contributed by atoms with Crippen LogP contribution in [-0.2, 0) is 19.1 Å². The molecule has 36 heavy (non-hydrogen) atoms. The lowest BCUT2D eigenvalue weighted by Crippen LogP contribution is -2.39. The van der Waals surface area contributed by atoms with Gasteiger partial charge in [-0.25, -0.2) is 0 Å².